The summed E-state index contributed by atoms with van der Waals surface area (Å²) in [6.45, 7) is 2.13. The molecule has 11 heavy (non-hydrogen) atoms. The van der Waals surface area contributed by atoms with Crippen LogP contribution in [0.25, 0.3) is 0 Å². The van der Waals surface area contributed by atoms with Gasteiger partial charge in [0.1, 0.15) is 0 Å². The quantitative estimate of drug-likeness (QED) is 0.334. The highest BCUT2D eigenvalue weighted by Crippen LogP contribution is 1.97. The number of nitriles is 1. The molecule has 1 heteroatoms. The largest absolute Gasteiger partial charge is 0.193 e. The second kappa shape index (κ2) is 8.97. The van der Waals surface area contributed by atoms with Crippen LogP contribution in [-0.4, -0.2) is 0 Å². The molecule has 0 bridgehead atoms. The molecule has 0 heterocycles. The third-order valence-electron chi connectivity index (χ3n) is 1.34. The van der Waals surface area contributed by atoms with E-state index < -0.39 is 0 Å². The molecule has 0 aromatic rings. The lowest BCUT2D eigenvalue weighted by Crippen LogP contribution is -1.68. The van der Waals surface area contributed by atoms with Gasteiger partial charge >= 0.3 is 0 Å². The zero-order valence-electron chi connectivity index (χ0n) is 7.09. The smallest absolute Gasteiger partial charge is 0.0908 e. The molecular formula is C10H15N. The number of unbranched alkanes of at least 4 members (excludes halogenated alkanes) is 2. The highest BCUT2D eigenvalue weighted by Gasteiger charge is 1.78. The SMILES string of the molecule is CC/C=C/CCC/C=C/C#N. The Morgan fingerprint density at radius 1 is 1.18 bits per heavy atom. The van der Waals surface area contributed by atoms with E-state index in [1.54, 1.807) is 6.08 Å². The van der Waals surface area contributed by atoms with Gasteiger partial charge in [0.15, 0.2) is 0 Å². The van der Waals surface area contributed by atoms with Crippen molar-refractivity contribution in [2.45, 2.75) is 32.6 Å². The first-order valence-electron chi connectivity index (χ1n) is 4.11. The lowest BCUT2D eigenvalue weighted by atomic mass is 10.2. The van der Waals surface area contributed by atoms with Crippen LogP contribution in [0.5, 0.6) is 0 Å². The third kappa shape index (κ3) is 8.97. The molecule has 0 amide bonds. The number of rotatable bonds is 5. The normalized spacial score (nSPS) is 10.9. The molecule has 0 aliphatic rings. The predicted octanol–water partition coefficient (Wildman–Crippen LogP) is 3.20. The van der Waals surface area contributed by atoms with Gasteiger partial charge in [-0.15, -0.1) is 0 Å². The molecule has 0 aromatic carbocycles. The van der Waals surface area contributed by atoms with Gasteiger partial charge in [0.05, 0.1) is 6.07 Å². The van der Waals surface area contributed by atoms with E-state index in [0.717, 1.165) is 25.7 Å². The van der Waals surface area contributed by atoms with Gasteiger partial charge in [0.25, 0.3) is 0 Å². The van der Waals surface area contributed by atoms with Crippen LogP contribution in [0, 0.1) is 11.3 Å². The second-order valence-corrected chi connectivity index (χ2v) is 2.34. The van der Waals surface area contributed by atoms with Crippen molar-refractivity contribution in [2.24, 2.45) is 0 Å². The zero-order valence-corrected chi connectivity index (χ0v) is 7.09. The lowest BCUT2D eigenvalue weighted by Gasteiger charge is -1.87. The van der Waals surface area contributed by atoms with E-state index in [4.69, 9.17) is 5.26 Å². The van der Waals surface area contributed by atoms with Crippen molar-refractivity contribution in [3.8, 4) is 6.07 Å². The molecule has 0 aliphatic carbocycles. The fourth-order valence-corrected chi connectivity index (χ4v) is 0.774. The fourth-order valence-electron chi connectivity index (χ4n) is 0.774. The average Bonchev–Trinajstić information content (AvgIpc) is 2.03. The first-order chi connectivity index (χ1) is 5.41. The van der Waals surface area contributed by atoms with Gasteiger partial charge in [-0.3, -0.25) is 0 Å². The highest BCUT2D eigenvalue weighted by molar-refractivity contribution is 5.01. The summed E-state index contributed by atoms with van der Waals surface area (Å²) in [4.78, 5) is 0. The molecule has 0 atom stereocenters. The van der Waals surface area contributed by atoms with E-state index >= 15 is 0 Å². The van der Waals surface area contributed by atoms with Crippen LogP contribution in [0.2, 0.25) is 0 Å². The van der Waals surface area contributed by atoms with Crippen LogP contribution in [0.4, 0.5) is 0 Å². The van der Waals surface area contributed by atoms with Crippen molar-refractivity contribution in [2.75, 3.05) is 0 Å². The number of allylic oxidation sites excluding steroid dienone is 4. The van der Waals surface area contributed by atoms with Crippen LogP contribution in [0.15, 0.2) is 24.3 Å². The highest BCUT2D eigenvalue weighted by atomic mass is 14.2. The Bertz CT molecular complexity index is 160. The van der Waals surface area contributed by atoms with Crippen LogP contribution in [-0.2, 0) is 0 Å². The van der Waals surface area contributed by atoms with Crippen molar-refractivity contribution in [1.29, 1.82) is 5.26 Å². The molecule has 0 spiro atoms. The summed E-state index contributed by atoms with van der Waals surface area (Å²) in [5.41, 5.74) is 0. The first kappa shape index (κ1) is 9.97. The lowest BCUT2D eigenvalue weighted by molar-refractivity contribution is 0.865. The van der Waals surface area contributed by atoms with Crippen molar-refractivity contribution in [3.05, 3.63) is 24.3 Å². The van der Waals surface area contributed by atoms with Crippen LogP contribution >= 0.6 is 0 Å². The topological polar surface area (TPSA) is 23.8 Å². The van der Waals surface area contributed by atoms with E-state index in [-0.39, 0.29) is 0 Å². The van der Waals surface area contributed by atoms with E-state index in [2.05, 4.69) is 19.1 Å². The minimum atomic E-state index is 1.02. The van der Waals surface area contributed by atoms with Gasteiger partial charge in [0, 0.05) is 6.08 Å². The minimum absolute atomic E-state index is 1.02. The Labute approximate surface area is 69.0 Å². The van der Waals surface area contributed by atoms with Gasteiger partial charge in [-0.1, -0.05) is 25.2 Å². The second-order valence-electron chi connectivity index (χ2n) is 2.34. The summed E-state index contributed by atoms with van der Waals surface area (Å²) in [5, 5.41) is 8.16. The molecule has 1 nitrogen and oxygen atoms in total. The fraction of sp³-hybridized carbons (Fsp3) is 0.500. The number of hydrogen-bond acceptors (Lipinski definition) is 1. The van der Waals surface area contributed by atoms with Gasteiger partial charge in [-0.2, -0.15) is 5.26 Å². The molecular weight excluding hydrogens is 134 g/mol. The van der Waals surface area contributed by atoms with Crippen molar-refractivity contribution in [1.82, 2.24) is 0 Å². The monoisotopic (exact) mass is 149 g/mol. The standard InChI is InChI=1S/C10H15N/c1-2-3-4-5-6-7-8-9-10-11/h3-4,8-9H,2,5-7H2,1H3/b4-3+,9-8+. The summed E-state index contributed by atoms with van der Waals surface area (Å²) in [5.74, 6) is 0. The van der Waals surface area contributed by atoms with E-state index in [1.807, 2.05) is 12.1 Å². The summed E-state index contributed by atoms with van der Waals surface area (Å²) in [6, 6.07) is 1.97. The average molecular weight is 149 g/mol. The summed E-state index contributed by atoms with van der Waals surface area (Å²) in [7, 11) is 0. The summed E-state index contributed by atoms with van der Waals surface area (Å²) in [6.07, 6.45) is 12.2. The summed E-state index contributed by atoms with van der Waals surface area (Å²) >= 11 is 0. The van der Waals surface area contributed by atoms with E-state index in [0.29, 0.717) is 0 Å². The van der Waals surface area contributed by atoms with Gasteiger partial charge in [-0.25, -0.2) is 0 Å². The molecule has 0 aliphatic heterocycles. The maximum absolute atomic E-state index is 8.16. The van der Waals surface area contributed by atoms with E-state index in [9.17, 15) is 0 Å². The maximum Gasteiger partial charge on any atom is 0.0908 e. The van der Waals surface area contributed by atoms with Gasteiger partial charge in [0.2, 0.25) is 0 Å². The van der Waals surface area contributed by atoms with Crippen molar-refractivity contribution < 1.29 is 0 Å². The molecule has 0 N–H and O–H groups in total. The van der Waals surface area contributed by atoms with E-state index in [1.165, 1.54) is 0 Å². The minimum Gasteiger partial charge on any atom is -0.193 e. The van der Waals surface area contributed by atoms with Gasteiger partial charge < -0.3 is 0 Å². The van der Waals surface area contributed by atoms with Crippen LogP contribution in [0.3, 0.4) is 0 Å². The van der Waals surface area contributed by atoms with Gasteiger partial charge in [-0.05, 0) is 25.7 Å². The molecule has 0 saturated heterocycles. The summed E-state index contributed by atoms with van der Waals surface area (Å²) < 4.78 is 0. The molecule has 0 rings (SSSR count). The Balaban J connectivity index is 3.10. The molecule has 0 aromatic heterocycles. The van der Waals surface area contributed by atoms with Crippen LogP contribution in [0.1, 0.15) is 32.6 Å². The molecule has 0 unspecified atom stereocenters. The number of nitrogens with zero attached hydrogens (tertiary/aromatic N) is 1. The maximum atomic E-state index is 8.16. The predicted molar refractivity (Wildman–Crippen MR) is 48.0 cm³/mol. The Morgan fingerprint density at radius 2 is 1.91 bits per heavy atom. The zero-order chi connectivity index (χ0) is 8.36. The molecule has 0 fully saturated rings. The van der Waals surface area contributed by atoms with Crippen molar-refractivity contribution in [3.63, 3.8) is 0 Å². The molecule has 0 saturated carbocycles. The Hall–Kier alpha value is -1.03. The third-order valence-corrected chi connectivity index (χ3v) is 1.34. The Kier molecular flexibility index (Phi) is 8.13. The molecule has 0 radical (unpaired) electrons. The van der Waals surface area contributed by atoms with Crippen LogP contribution < -0.4 is 0 Å². The molecule has 60 valence electrons. The van der Waals surface area contributed by atoms with Crippen molar-refractivity contribution >= 4 is 0 Å². The number of hydrogen-bond donors (Lipinski definition) is 0. The first-order valence-corrected chi connectivity index (χ1v) is 4.11. The Morgan fingerprint density at radius 3 is 2.55 bits per heavy atom.